The van der Waals surface area contributed by atoms with Crippen LogP contribution in [-0.4, -0.2) is 32.0 Å². The molecule has 1 aliphatic carbocycles. The fraction of sp³-hybridized carbons (Fsp3) is 0.654. The standard InChI is InChI=1S/C26H40N2O2/c1-3-4-5-6-11-21-13-9-14-23(20-22-12-7-8-16-25(22)29-2)26(21)28-30-19-17-24-15-10-18-27-24/h7-8,12,16,20-21,24,27H,3-6,9-11,13-15,17-19H2,1-2H3/b23-20+,28-26+/t21-,24+/m0/s1. The van der Waals surface area contributed by atoms with Gasteiger partial charge in [-0.15, -0.1) is 0 Å². The highest BCUT2D eigenvalue weighted by Gasteiger charge is 2.25. The van der Waals surface area contributed by atoms with E-state index >= 15 is 0 Å². The molecule has 2 atom stereocenters. The first kappa shape index (κ1) is 22.9. The quantitative estimate of drug-likeness (QED) is 0.339. The minimum Gasteiger partial charge on any atom is -0.496 e. The summed E-state index contributed by atoms with van der Waals surface area (Å²) in [6.07, 6.45) is 15.8. The number of nitrogens with zero attached hydrogens (tertiary/aromatic N) is 1. The minimum atomic E-state index is 0.515. The number of unbranched alkanes of at least 4 members (excludes halogenated alkanes) is 3. The van der Waals surface area contributed by atoms with Crippen molar-refractivity contribution in [2.24, 2.45) is 11.1 Å². The molecule has 1 saturated heterocycles. The van der Waals surface area contributed by atoms with E-state index < -0.39 is 0 Å². The van der Waals surface area contributed by atoms with Crippen LogP contribution in [0.5, 0.6) is 5.75 Å². The molecule has 0 amide bonds. The van der Waals surface area contributed by atoms with E-state index in [9.17, 15) is 0 Å². The zero-order chi connectivity index (χ0) is 21.0. The largest absolute Gasteiger partial charge is 0.496 e. The molecule has 0 bridgehead atoms. The monoisotopic (exact) mass is 412 g/mol. The Labute approximate surface area is 183 Å². The Bertz CT molecular complexity index is 692. The maximum atomic E-state index is 5.89. The summed E-state index contributed by atoms with van der Waals surface area (Å²) in [6, 6.07) is 8.85. The Morgan fingerprint density at radius 3 is 2.80 bits per heavy atom. The lowest BCUT2D eigenvalue weighted by Crippen LogP contribution is -2.24. The maximum absolute atomic E-state index is 5.89. The van der Waals surface area contributed by atoms with E-state index in [0.717, 1.165) is 30.7 Å². The van der Waals surface area contributed by atoms with E-state index in [-0.39, 0.29) is 0 Å². The number of para-hydroxylation sites is 1. The van der Waals surface area contributed by atoms with Crippen molar-refractivity contribution in [2.45, 2.75) is 83.6 Å². The molecule has 1 aromatic carbocycles. The summed E-state index contributed by atoms with van der Waals surface area (Å²) >= 11 is 0. The molecule has 2 aliphatic rings. The highest BCUT2D eigenvalue weighted by Crippen LogP contribution is 2.33. The molecule has 3 rings (SSSR count). The molecule has 4 heteroatoms. The predicted molar refractivity (Wildman–Crippen MR) is 126 cm³/mol. The van der Waals surface area contributed by atoms with E-state index in [1.54, 1.807) is 7.11 Å². The first-order valence-electron chi connectivity index (χ1n) is 12.1. The zero-order valence-electron chi connectivity index (χ0n) is 19.0. The van der Waals surface area contributed by atoms with Crippen LogP contribution in [0, 0.1) is 5.92 Å². The molecule has 2 fully saturated rings. The molecule has 166 valence electrons. The summed E-state index contributed by atoms with van der Waals surface area (Å²) in [7, 11) is 1.74. The Balaban J connectivity index is 1.71. The molecule has 0 unspecified atom stereocenters. The molecule has 30 heavy (non-hydrogen) atoms. The van der Waals surface area contributed by atoms with Crippen molar-refractivity contribution in [3.8, 4) is 5.75 Å². The van der Waals surface area contributed by atoms with E-state index in [1.165, 1.54) is 69.1 Å². The van der Waals surface area contributed by atoms with Crippen LogP contribution < -0.4 is 10.1 Å². The molecular weight excluding hydrogens is 372 g/mol. The molecular formula is C26H40N2O2. The number of ether oxygens (including phenoxy) is 1. The average molecular weight is 413 g/mol. The van der Waals surface area contributed by atoms with Gasteiger partial charge in [0.25, 0.3) is 0 Å². The van der Waals surface area contributed by atoms with Gasteiger partial charge in [-0.2, -0.15) is 0 Å². The zero-order valence-corrected chi connectivity index (χ0v) is 19.0. The van der Waals surface area contributed by atoms with Crippen molar-refractivity contribution in [3.05, 3.63) is 35.4 Å². The minimum absolute atomic E-state index is 0.515. The van der Waals surface area contributed by atoms with Gasteiger partial charge in [-0.25, -0.2) is 0 Å². The smallest absolute Gasteiger partial charge is 0.126 e. The number of hydrogen-bond acceptors (Lipinski definition) is 4. The fourth-order valence-corrected chi connectivity index (χ4v) is 4.73. The SMILES string of the molecule is CCCCCC[C@H]1CCCC(=C\c2ccccc2OC)/C1=N/OCC[C@H]1CCCN1. The maximum Gasteiger partial charge on any atom is 0.126 e. The van der Waals surface area contributed by atoms with Crippen LogP contribution in [0.2, 0.25) is 0 Å². The van der Waals surface area contributed by atoms with Crippen molar-refractivity contribution < 1.29 is 9.57 Å². The van der Waals surface area contributed by atoms with Gasteiger partial charge >= 0.3 is 0 Å². The van der Waals surface area contributed by atoms with Crippen LogP contribution in [-0.2, 0) is 4.84 Å². The first-order valence-corrected chi connectivity index (χ1v) is 12.1. The van der Waals surface area contributed by atoms with Gasteiger partial charge in [0, 0.05) is 17.5 Å². The van der Waals surface area contributed by atoms with Gasteiger partial charge in [0.15, 0.2) is 0 Å². The van der Waals surface area contributed by atoms with Crippen LogP contribution in [0.15, 0.2) is 35.0 Å². The van der Waals surface area contributed by atoms with E-state index in [0.29, 0.717) is 18.6 Å². The fourth-order valence-electron chi connectivity index (χ4n) is 4.73. The summed E-state index contributed by atoms with van der Waals surface area (Å²) in [5.41, 5.74) is 3.64. The predicted octanol–water partition coefficient (Wildman–Crippen LogP) is 6.36. The summed E-state index contributed by atoms with van der Waals surface area (Å²) < 4.78 is 5.57. The van der Waals surface area contributed by atoms with Crippen molar-refractivity contribution in [2.75, 3.05) is 20.3 Å². The summed E-state index contributed by atoms with van der Waals surface area (Å²) in [5, 5.41) is 8.28. The number of benzene rings is 1. The lowest BCUT2D eigenvalue weighted by molar-refractivity contribution is 0.132. The molecule has 1 saturated carbocycles. The van der Waals surface area contributed by atoms with Gasteiger partial charge in [0.05, 0.1) is 12.8 Å². The normalized spacial score (nSPS) is 24.5. The van der Waals surface area contributed by atoms with Crippen LogP contribution in [0.1, 0.15) is 83.1 Å². The van der Waals surface area contributed by atoms with Crippen LogP contribution >= 0.6 is 0 Å². The van der Waals surface area contributed by atoms with Gasteiger partial charge < -0.3 is 14.9 Å². The molecule has 0 radical (unpaired) electrons. The molecule has 0 spiro atoms. The third-order valence-electron chi connectivity index (χ3n) is 6.47. The lowest BCUT2D eigenvalue weighted by Gasteiger charge is -2.26. The van der Waals surface area contributed by atoms with Crippen molar-refractivity contribution >= 4 is 11.8 Å². The number of allylic oxidation sites excluding steroid dienone is 1. The van der Waals surface area contributed by atoms with Gasteiger partial charge in [-0.05, 0) is 69.2 Å². The first-order chi connectivity index (χ1) is 14.8. The van der Waals surface area contributed by atoms with Crippen molar-refractivity contribution in [1.82, 2.24) is 5.32 Å². The number of rotatable bonds is 11. The average Bonchev–Trinajstić information content (AvgIpc) is 3.29. The topological polar surface area (TPSA) is 42.9 Å². The highest BCUT2D eigenvalue weighted by molar-refractivity contribution is 6.05. The Morgan fingerprint density at radius 1 is 1.10 bits per heavy atom. The lowest BCUT2D eigenvalue weighted by atomic mass is 9.80. The van der Waals surface area contributed by atoms with E-state index in [4.69, 9.17) is 14.7 Å². The molecule has 1 aromatic rings. The summed E-state index contributed by atoms with van der Waals surface area (Å²) in [6.45, 7) is 4.12. The highest BCUT2D eigenvalue weighted by atomic mass is 16.6. The Morgan fingerprint density at radius 2 is 2.00 bits per heavy atom. The second kappa shape index (κ2) is 12.8. The third-order valence-corrected chi connectivity index (χ3v) is 6.47. The molecule has 1 aliphatic heterocycles. The van der Waals surface area contributed by atoms with Gasteiger partial charge in [-0.3, -0.25) is 0 Å². The van der Waals surface area contributed by atoms with Crippen molar-refractivity contribution in [3.63, 3.8) is 0 Å². The molecule has 0 aromatic heterocycles. The van der Waals surface area contributed by atoms with Gasteiger partial charge in [0.2, 0.25) is 0 Å². The summed E-state index contributed by atoms with van der Waals surface area (Å²) in [5.74, 6) is 1.43. The number of oxime groups is 1. The Hall–Kier alpha value is -1.81. The van der Waals surface area contributed by atoms with Gasteiger partial charge in [-0.1, -0.05) is 56.0 Å². The van der Waals surface area contributed by atoms with Crippen LogP contribution in [0.4, 0.5) is 0 Å². The van der Waals surface area contributed by atoms with E-state index in [2.05, 4.69) is 30.4 Å². The second-order valence-corrected chi connectivity index (χ2v) is 8.74. The third kappa shape index (κ3) is 6.87. The molecule has 1 heterocycles. The number of nitrogens with one attached hydrogen (secondary N) is 1. The van der Waals surface area contributed by atoms with Crippen LogP contribution in [0.3, 0.4) is 0 Å². The second-order valence-electron chi connectivity index (χ2n) is 8.74. The van der Waals surface area contributed by atoms with Crippen molar-refractivity contribution in [1.29, 1.82) is 0 Å². The molecule has 4 nitrogen and oxygen atoms in total. The number of hydrogen-bond donors (Lipinski definition) is 1. The number of methoxy groups -OCH3 is 1. The van der Waals surface area contributed by atoms with Crippen LogP contribution in [0.25, 0.3) is 6.08 Å². The van der Waals surface area contributed by atoms with Gasteiger partial charge in [0.1, 0.15) is 12.4 Å². The van der Waals surface area contributed by atoms with E-state index in [1.807, 2.05) is 12.1 Å². The summed E-state index contributed by atoms with van der Waals surface area (Å²) in [4.78, 5) is 5.89. The molecule has 1 N–H and O–H groups in total. The Kier molecular flexibility index (Phi) is 9.75.